The van der Waals surface area contributed by atoms with Gasteiger partial charge in [0.05, 0.1) is 5.69 Å². The van der Waals surface area contributed by atoms with Gasteiger partial charge in [-0.1, -0.05) is 30.8 Å². The van der Waals surface area contributed by atoms with Crippen LogP contribution in [0, 0.1) is 0 Å². The van der Waals surface area contributed by atoms with E-state index < -0.39 is 5.25 Å². The number of nitrogens with zero attached hydrogens (tertiary/aromatic N) is 1. The van der Waals surface area contributed by atoms with E-state index in [9.17, 15) is 9.59 Å². The molecule has 0 aromatic heterocycles. The van der Waals surface area contributed by atoms with Crippen molar-refractivity contribution in [2.24, 2.45) is 4.99 Å². The van der Waals surface area contributed by atoms with Gasteiger partial charge in [0.15, 0.2) is 5.17 Å². The quantitative estimate of drug-likeness (QED) is 0.837. The van der Waals surface area contributed by atoms with Crippen LogP contribution < -0.4 is 10.6 Å². The molecule has 0 radical (unpaired) electrons. The fraction of sp³-hybridized carbons (Fsp3) is 0.357. The molecule has 7 heteroatoms. The Morgan fingerprint density at radius 1 is 1.48 bits per heavy atom. The zero-order valence-corrected chi connectivity index (χ0v) is 14.0. The molecule has 1 saturated heterocycles. The van der Waals surface area contributed by atoms with Crippen LogP contribution in [0.15, 0.2) is 33.7 Å². The summed E-state index contributed by atoms with van der Waals surface area (Å²) in [6.07, 6.45) is 1.05. The molecule has 2 rings (SSSR count). The molecule has 21 heavy (non-hydrogen) atoms. The lowest BCUT2D eigenvalue weighted by Gasteiger charge is -2.08. The third-order valence-electron chi connectivity index (χ3n) is 2.77. The average molecular weight is 370 g/mol. The Balaban J connectivity index is 1.91. The molecule has 1 aliphatic rings. The average Bonchev–Trinajstić information content (AvgIpc) is 2.79. The van der Waals surface area contributed by atoms with E-state index >= 15 is 0 Å². The van der Waals surface area contributed by atoms with Crippen LogP contribution in [-0.4, -0.2) is 28.8 Å². The zero-order valence-electron chi connectivity index (χ0n) is 11.6. The van der Waals surface area contributed by atoms with Crippen molar-refractivity contribution in [1.82, 2.24) is 5.32 Å². The lowest BCUT2D eigenvalue weighted by Crippen LogP contribution is -2.28. The summed E-state index contributed by atoms with van der Waals surface area (Å²) in [4.78, 5) is 28.1. The van der Waals surface area contributed by atoms with Crippen LogP contribution in [0.25, 0.3) is 0 Å². The number of carbonyl (C=O) groups excluding carboxylic acids is 2. The highest BCUT2D eigenvalue weighted by Gasteiger charge is 2.31. The number of thioether (sulfide) groups is 1. The van der Waals surface area contributed by atoms with Crippen LogP contribution >= 0.6 is 27.7 Å². The van der Waals surface area contributed by atoms with E-state index in [1.807, 2.05) is 25.1 Å². The van der Waals surface area contributed by atoms with Crippen LogP contribution in [0.2, 0.25) is 0 Å². The van der Waals surface area contributed by atoms with Crippen molar-refractivity contribution < 1.29 is 9.59 Å². The number of halogens is 1. The molecule has 0 bridgehead atoms. The van der Waals surface area contributed by atoms with Crippen LogP contribution in [0.3, 0.4) is 0 Å². The van der Waals surface area contributed by atoms with Crippen molar-refractivity contribution in [3.05, 3.63) is 28.7 Å². The maximum Gasteiger partial charge on any atom is 0.240 e. The highest BCUT2D eigenvalue weighted by atomic mass is 79.9. The molecule has 2 N–H and O–H groups in total. The van der Waals surface area contributed by atoms with Gasteiger partial charge in [-0.15, -0.1) is 0 Å². The number of para-hydroxylation sites is 1. The smallest absolute Gasteiger partial charge is 0.240 e. The molecule has 1 unspecified atom stereocenters. The van der Waals surface area contributed by atoms with E-state index in [0.717, 1.165) is 10.9 Å². The fourth-order valence-corrected chi connectivity index (χ4v) is 3.14. The van der Waals surface area contributed by atoms with Crippen molar-refractivity contribution in [3.8, 4) is 0 Å². The third-order valence-corrected chi connectivity index (χ3v) is 4.59. The van der Waals surface area contributed by atoms with Gasteiger partial charge in [-0.05, 0) is 34.5 Å². The maximum atomic E-state index is 12.0. The molecule has 5 nitrogen and oxygen atoms in total. The van der Waals surface area contributed by atoms with Gasteiger partial charge in [-0.25, -0.2) is 0 Å². The molecule has 0 aliphatic carbocycles. The third kappa shape index (κ3) is 4.57. The van der Waals surface area contributed by atoms with E-state index in [2.05, 4.69) is 31.6 Å². The highest BCUT2D eigenvalue weighted by Crippen LogP contribution is 2.25. The highest BCUT2D eigenvalue weighted by molar-refractivity contribution is 9.10. The number of amidine groups is 1. The SMILES string of the molecule is CCCN=C1NC(=O)C(CC(=O)Nc2ccccc2Br)S1. The standard InChI is InChI=1S/C14H16BrN3O2S/c1-2-7-16-14-18-13(20)11(21-14)8-12(19)17-10-6-4-3-5-9(10)15/h3-6,11H,2,7-8H2,1H3,(H,17,19)(H,16,18,20). The molecule has 1 heterocycles. The van der Waals surface area contributed by atoms with Crippen molar-refractivity contribution in [3.63, 3.8) is 0 Å². The first-order valence-electron chi connectivity index (χ1n) is 6.66. The molecular weight excluding hydrogens is 354 g/mol. The molecule has 112 valence electrons. The van der Waals surface area contributed by atoms with Gasteiger partial charge >= 0.3 is 0 Å². The summed E-state index contributed by atoms with van der Waals surface area (Å²) in [5, 5.41) is 5.70. The predicted molar refractivity (Wildman–Crippen MR) is 89.5 cm³/mol. The lowest BCUT2D eigenvalue weighted by atomic mass is 10.2. The summed E-state index contributed by atoms with van der Waals surface area (Å²) < 4.78 is 0.812. The first-order valence-corrected chi connectivity index (χ1v) is 8.33. The molecule has 1 aromatic carbocycles. The van der Waals surface area contributed by atoms with Gasteiger partial charge in [0.25, 0.3) is 0 Å². The molecule has 0 saturated carbocycles. The zero-order chi connectivity index (χ0) is 15.2. The Kier molecular flexibility index (Phi) is 5.81. The van der Waals surface area contributed by atoms with E-state index in [1.165, 1.54) is 11.8 Å². The second-order valence-electron chi connectivity index (χ2n) is 4.51. The number of hydrogen-bond donors (Lipinski definition) is 2. The molecule has 1 aromatic rings. The number of rotatable bonds is 5. The van der Waals surface area contributed by atoms with Crippen molar-refractivity contribution in [2.45, 2.75) is 25.0 Å². The van der Waals surface area contributed by atoms with Gasteiger partial charge in [0, 0.05) is 17.4 Å². The van der Waals surface area contributed by atoms with Crippen LogP contribution in [-0.2, 0) is 9.59 Å². The fourth-order valence-electron chi connectivity index (χ4n) is 1.76. The lowest BCUT2D eigenvalue weighted by molar-refractivity contribution is -0.122. The van der Waals surface area contributed by atoms with Crippen LogP contribution in [0.5, 0.6) is 0 Å². The number of hydrogen-bond acceptors (Lipinski definition) is 4. The molecule has 0 spiro atoms. The number of aliphatic imine (C=N–C) groups is 1. The molecule has 2 amide bonds. The summed E-state index contributed by atoms with van der Waals surface area (Å²) in [5.41, 5.74) is 0.700. The first-order chi connectivity index (χ1) is 10.1. The normalized spacial score (nSPS) is 19.6. The minimum absolute atomic E-state index is 0.128. The summed E-state index contributed by atoms with van der Waals surface area (Å²) in [6.45, 7) is 2.70. The van der Waals surface area contributed by atoms with Gasteiger partial charge in [0.2, 0.25) is 11.8 Å². The number of carbonyl (C=O) groups is 2. The van der Waals surface area contributed by atoms with Crippen molar-refractivity contribution in [1.29, 1.82) is 0 Å². The Morgan fingerprint density at radius 3 is 2.95 bits per heavy atom. The Hall–Kier alpha value is -1.34. The number of benzene rings is 1. The van der Waals surface area contributed by atoms with Crippen LogP contribution in [0.1, 0.15) is 19.8 Å². The van der Waals surface area contributed by atoms with E-state index in [4.69, 9.17) is 0 Å². The van der Waals surface area contributed by atoms with Crippen LogP contribution in [0.4, 0.5) is 5.69 Å². The van der Waals surface area contributed by atoms with Gasteiger partial charge in [0.1, 0.15) is 5.25 Å². The minimum Gasteiger partial charge on any atom is -0.325 e. The minimum atomic E-state index is -0.414. The van der Waals surface area contributed by atoms with E-state index in [1.54, 1.807) is 6.07 Å². The number of amides is 2. The Morgan fingerprint density at radius 2 is 2.24 bits per heavy atom. The van der Waals surface area contributed by atoms with Crippen molar-refractivity contribution >= 4 is 50.4 Å². The second kappa shape index (κ2) is 7.61. The maximum absolute atomic E-state index is 12.0. The second-order valence-corrected chi connectivity index (χ2v) is 6.56. The van der Waals surface area contributed by atoms with E-state index in [-0.39, 0.29) is 18.2 Å². The summed E-state index contributed by atoms with van der Waals surface area (Å²) in [5.74, 6) is -0.344. The van der Waals surface area contributed by atoms with Crippen molar-refractivity contribution in [2.75, 3.05) is 11.9 Å². The molecule has 1 aliphatic heterocycles. The Bertz CT molecular complexity index is 577. The Labute approximate surface area is 136 Å². The summed E-state index contributed by atoms with van der Waals surface area (Å²) in [7, 11) is 0. The number of nitrogens with one attached hydrogen (secondary N) is 2. The molecular formula is C14H16BrN3O2S. The van der Waals surface area contributed by atoms with E-state index in [0.29, 0.717) is 17.4 Å². The number of anilines is 1. The molecule has 1 fully saturated rings. The van der Waals surface area contributed by atoms with Gasteiger partial charge in [-0.2, -0.15) is 0 Å². The van der Waals surface area contributed by atoms with Gasteiger partial charge in [-0.3, -0.25) is 14.6 Å². The topological polar surface area (TPSA) is 70.6 Å². The largest absolute Gasteiger partial charge is 0.325 e. The molecule has 1 atom stereocenters. The van der Waals surface area contributed by atoms with Gasteiger partial charge < -0.3 is 10.6 Å². The first kappa shape index (κ1) is 16.0. The summed E-state index contributed by atoms with van der Waals surface area (Å²) in [6, 6.07) is 7.36. The predicted octanol–water partition coefficient (Wildman–Crippen LogP) is 2.78. The monoisotopic (exact) mass is 369 g/mol. The summed E-state index contributed by atoms with van der Waals surface area (Å²) >= 11 is 4.69.